The van der Waals surface area contributed by atoms with E-state index < -0.39 is 11.7 Å². The summed E-state index contributed by atoms with van der Waals surface area (Å²) in [6, 6.07) is 10.4. The van der Waals surface area contributed by atoms with Crippen LogP contribution < -0.4 is 5.32 Å². The lowest BCUT2D eigenvalue weighted by atomic mass is 10.1. The third-order valence-corrected chi connectivity index (χ3v) is 2.77. The van der Waals surface area contributed by atoms with Crippen molar-refractivity contribution in [3.63, 3.8) is 0 Å². The molecule has 2 N–H and O–H groups in total. The van der Waals surface area contributed by atoms with E-state index in [9.17, 15) is 9.18 Å². The summed E-state index contributed by atoms with van der Waals surface area (Å²) < 4.78 is 13.4. The van der Waals surface area contributed by atoms with Gasteiger partial charge in [-0.15, -0.1) is 0 Å². The average Bonchev–Trinajstić information content (AvgIpc) is 2.36. The van der Waals surface area contributed by atoms with Crippen molar-refractivity contribution in [1.82, 2.24) is 5.32 Å². The van der Waals surface area contributed by atoms with Gasteiger partial charge in [0.25, 0.3) is 5.91 Å². The van der Waals surface area contributed by atoms with Gasteiger partial charge in [-0.1, -0.05) is 23.7 Å². The summed E-state index contributed by atoms with van der Waals surface area (Å²) in [5.74, 6) is -1.52. The number of nitrogens with one attached hydrogen (secondary N) is 1. The van der Waals surface area contributed by atoms with Crippen LogP contribution in [0.1, 0.15) is 15.9 Å². The number of amides is 1. The molecular weight excluding hydrogens is 269 g/mol. The first kappa shape index (κ1) is 13.4. The van der Waals surface area contributed by atoms with E-state index in [1.807, 2.05) is 0 Å². The molecule has 0 aliphatic carbocycles. The predicted molar refractivity (Wildman–Crippen MR) is 70.7 cm³/mol. The van der Waals surface area contributed by atoms with Gasteiger partial charge in [-0.2, -0.15) is 0 Å². The van der Waals surface area contributed by atoms with Crippen LogP contribution in [-0.4, -0.2) is 11.0 Å². The molecule has 0 saturated heterocycles. The van der Waals surface area contributed by atoms with Crippen LogP contribution in [0.3, 0.4) is 0 Å². The Morgan fingerprint density at radius 2 is 2.05 bits per heavy atom. The Morgan fingerprint density at radius 1 is 1.26 bits per heavy atom. The van der Waals surface area contributed by atoms with E-state index in [-0.39, 0.29) is 17.9 Å². The Bertz CT molecular complexity index is 616. The fourth-order valence-electron chi connectivity index (χ4n) is 1.61. The smallest absolute Gasteiger partial charge is 0.254 e. The molecule has 0 heterocycles. The molecule has 2 aromatic carbocycles. The fourth-order valence-corrected chi connectivity index (χ4v) is 1.83. The van der Waals surface area contributed by atoms with Crippen LogP contribution in [0.15, 0.2) is 42.5 Å². The lowest BCUT2D eigenvalue weighted by molar-refractivity contribution is 0.0947. The summed E-state index contributed by atoms with van der Waals surface area (Å²) in [7, 11) is 0. The largest absolute Gasteiger partial charge is 0.508 e. The molecule has 0 fully saturated rings. The number of carbonyl (C=O) groups is 1. The molecule has 0 aromatic heterocycles. The van der Waals surface area contributed by atoms with E-state index in [0.29, 0.717) is 5.02 Å². The third kappa shape index (κ3) is 3.45. The lowest BCUT2D eigenvalue weighted by Gasteiger charge is -2.07. The van der Waals surface area contributed by atoms with Crippen LogP contribution in [0.5, 0.6) is 5.75 Å². The van der Waals surface area contributed by atoms with E-state index in [4.69, 9.17) is 16.7 Å². The van der Waals surface area contributed by atoms with Gasteiger partial charge in [0.2, 0.25) is 0 Å². The van der Waals surface area contributed by atoms with E-state index in [1.54, 1.807) is 24.3 Å². The fraction of sp³-hybridized carbons (Fsp3) is 0.0714. The topological polar surface area (TPSA) is 49.3 Å². The second-order valence-corrected chi connectivity index (χ2v) is 4.41. The highest BCUT2D eigenvalue weighted by molar-refractivity contribution is 6.30. The average molecular weight is 280 g/mol. The van der Waals surface area contributed by atoms with Crippen LogP contribution in [0, 0.1) is 5.82 Å². The molecule has 0 aliphatic heterocycles. The first-order valence-electron chi connectivity index (χ1n) is 5.57. The zero-order chi connectivity index (χ0) is 13.8. The summed E-state index contributed by atoms with van der Waals surface area (Å²) in [4.78, 5) is 11.8. The van der Waals surface area contributed by atoms with Crippen molar-refractivity contribution in [3.8, 4) is 5.75 Å². The maximum absolute atomic E-state index is 13.4. The molecule has 0 spiro atoms. The van der Waals surface area contributed by atoms with Crippen LogP contribution >= 0.6 is 11.6 Å². The molecule has 0 bridgehead atoms. The number of rotatable bonds is 3. The zero-order valence-corrected chi connectivity index (χ0v) is 10.6. The minimum absolute atomic E-state index is 0.111. The summed E-state index contributed by atoms with van der Waals surface area (Å²) in [6.45, 7) is 0.250. The molecular formula is C14H11ClFNO2. The van der Waals surface area contributed by atoms with Crippen LogP contribution in [0.25, 0.3) is 0 Å². The van der Waals surface area contributed by atoms with Gasteiger partial charge >= 0.3 is 0 Å². The zero-order valence-electron chi connectivity index (χ0n) is 9.86. The molecule has 0 unspecified atom stereocenters. The van der Waals surface area contributed by atoms with Crippen molar-refractivity contribution < 1.29 is 14.3 Å². The number of hydrogen-bond donors (Lipinski definition) is 2. The van der Waals surface area contributed by atoms with Gasteiger partial charge in [-0.05, 0) is 29.8 Å². The normalized spacial score (nSPS) is 10.2. The molecule has 2 rings (SSSR count). The monoisotopic (exact) mass is 279 g/mol. The number of phenols is 1. The van der Waals surface area contributed by atoms with Gasteiger partial charge in [0.15, 0.2) is 0 Å². The predicted octanol–water partition coefficient (Wildman–Crippen LogP) is 3.11. The van der Waals surface area contributed by atoms with E-state index in [2.05, 4.69) is 5.32 Å². The van der Waals surface area contributed by atoms with Crippen molar-refractivity contribution in [1.29, 1.82) is 0 Å². The Kier molecular flexibility index (Phi) is 4.02. The number of benzene rings is 2. The second-order valence-electron chi connectivity index (χ2n) is 3.98. The molecule has 0 radical (unpaired) electrons. The molecule has 0 aliphatic rings. The van der Waals surface area contributed by atoms with Gasteiger partial charge < -0.3 is 10.4 Å². The lowest BCUT2D eigenvalue weighted by Crippen LogP contribution is -2.23. The first-order chi connectivity index (χ1) is 9.06. The van der Waals surface area contributed by atoms with Gasteiger partial charge in [0, 0.05) is 17.6 Å². The molecule has 1 amide bonds. The summed E-state index contributed by atoms with van der Waals surface area (Å²) in [5.41, 5.74) is 0.708. The first-order valence-corrected chi connectivity index (χ1v) is 5.95. The Hall–Kier alpha value is -2.07. The molecule has 19 heavy (non-hydrogen) atoms. The maximum atomic E-state index is 13.4. The highest BCUT2D eigenvalue weighted by Gasteiger charge is 2.11. The molecule has 0 saturated carbocycles. The van der Waals surface area contributed by atoms with E-state index in [1.165, 1.54) is 12.1 Å². The number of carbonyl (C=O) groups excluding carboxylic acids is 1. The molecule has 2 aromatic rings. The SMILES string of the molecule is O=C(NCc1cccc(Cl)c1)c1ccc(O)cc1F. The number of phenolic OH excluding ortho intramolecular Hbond substituents is 1. The maximum Gasteiger partial charge on any atom is 0.254 e. The molecule has 98 valence electrons. The summed E-state index contributed by atoms with van der Waals surface area (Å²) in [5, 5.41) is 12.2. The van der Waals surface area contributed by atoms with E-state index in [0.717, 1.165) is 11.6 Å². The minimum atomic E-state index is -0.761. The van der Waals surface area contributed by atoms with E-state index >= 15 is 0 Å². The number of aromatic hydroxyl groups is 1. The van der Waals surface area contributed by atoms with Crippen molar-refractivity contribution in [2.24, 2.45) is 0 Å². The van der Waals surface area contributed by atoms with Gasteiger partial charge in [0.1, 0.15) is 11.6 Å². The highest BCUT2D eigenvalue weighted by atomic mass is 35.5. The Morgan fingerprint density at radius 3 is 2.74 bits per heavy atom. The third-order valence-electron chi connectivity index (χ3n) is 2.54. The second kappa shape index (κ2) is 5.71. The minimum Gasteiger partial charge on any atom is -0.508 e. The van der Waals surface area contributed by atoms with Crippen molar-refractivity contribution in [2.45, 2.75) is 6.54 Å². The van der Waals surface area contributed by atoms with Gasteiger partial charge in [-0.3, -0.25) is 4.79 Å². The van der Waals surface area contributed by atoms with Crippen molar-refractivity contribution in [3.05, 3.63) is 64.4 Å². The molecule has 5 heteroatoms. The number of halogens is 2. The van der Waals surface area contributed by atoms with Crippen LogP contribution in [-0.2, 0) is 6.54 Å². The quantitative estimate of drug-likeness (QED) is 0.907. The summed E-state index contributed by atoms with van der Waals surface area (Å²) in [6.07, 6.45) is 0. The molecule has 0 atom stereocenters. The molecule has 3 nitrogen and oxygen atoms in total. The van der Waals surface area contributed by atoms with Gasteiger partial charge in [-0.25, -0.2) is 4.39 Å². The standard InChI is InChI=1S/C14H11ClFNO2/c15-10-3-1-2-9(6-10)8-17-14(19)12-5-4-11(18)7-13(12)16/h1-7,18H,8H2,(H,17,19). The Balaban J connectivity index is 2.05. The summed E-state index contributed by atoms with van der Waals surface area (Å²) >= 11 is 5.82. The van der Waals surface area contributed by atoms with Crippen molar-refractivity contribution in [2.75, 3.05) is 0 Å². The highest BCUT2D eigenvalue weighted by Crippen LogP contribution is 2.15. The van der Waals surface area contributed by atoms with Crippen molar-refractivity contribution >= 4 is 17.5 Å². The van der Waals surface area contributed by atoms with Gasteiger partial charge in [0.05, 0.1) is 5.56 Å². The van der Waals surface area contributed by atoms with Crippen LogP contribution in [0.2, 0.25) is 5.02 Å². The van der Waals surface area contributed by atoms with Crippen LogP contribution in [0.4, 0.5) is 4.39 Å². The number of hydrogen-bond acceptors (Lipinski definition) is 2. The Labute approximate surface area is 114 Å².